The van der Waals surface area contributed by atoms with Gasteiger partial charge >= 0.3 is 0 Å². The number of primary amides is 1. The van der Waals surface area contributed by atoms with Crippen LogP contribution in [0.2, 0.25) is 0 Å². The molecule has 3 rings (SSSR count). The van der Waals surface area contributed by atoms with Crippen LogP contribution < -0.4 is 10.5 Å². The molecule has 5 nitrogen and oxygen atoms in total. The number of hydrogen-bond donors (Lipinski definition) is 1. The van der Waals surface area contributed by atoms with Crippen molar-refractivity contribution >= 4 is 34.3 Å². The first-order valence-corrected chi connectivity index (χ1v) is 10.7. The molecule has 0 saturated heterocycles. The molecule has 0 radical (unpaired) electrons. The van der Waals surface area contributed by atoms with E-state index in [1.54, 1.807) is 36.4 Å². The van der Waals surface area contributed by atoms with Gasteiger partial charge in [-0.1, -0.05) is 18.2 Å². The summed E-state index contributed by atoms with van der Waals surface area (Å²) in [5, 5.41) is 0. The minimum absolute atomic E-state index is 0.0146. The van der Waals surface area contributed by atoms with Crippen molar-refractivity contribution in [3.8, 4) is 11.5 Å². The van der Waals surface area contributed by atoms with Crippen molar-refractivity contribution in [3.63, 3.8) is 0 Å². The zero-order valence-electron chi connectivity index (χ0n) is 17.2. The van der Waals surface area contributed by atoms with E-state index in [2.05, 4.69) is 0 Å². The summed E-state index contributed by atoms with van der Waals surface area (Å²) in [4.78, 5) is 24.1. The van der Waals surface area contributed by atoms with E-state index in [-0.39, 0.29) is 42.1 Å². The van der Waals surface area contributed by atoms with Gasteiger partial charge in [0.05, 0.1) is 5.56 Å². The average molecular weight is 551 g/mol. The lowest BCUT2D eigenvalue weighted by atomic mass is 9.98. The Hall–Kier alpha value is -2.85. The number of amides is 1. The molecule has 0 aromatic heterocycles. The molecule has 0 aliphatic rings. The van der Waals surface area contributed by atoms with E-state index in [0.717, 1.165) is 12.1 Å². The average Bonchev–Trinajstić information content (AvgIpc) is 2.70. The molecule has 0 saturated carbocycles. The van der Waals surface area contributed by atoms with Crippen LogP contribution in [0.25, 0.3) is 0 Å². The first-order valence-electron chi connectivity index (χ1n) is 9.60. The minimum Gasteiger partial charge on any atom is -0.456 e. The third-order valence-corrected chi connectivity index (χ3v) is 5.29. The fraction of sp³-hybridized carbons (Fsp3) is 0.167. The Balaban J connectivity index is 1.95. The van der Waals surface area contributed by atoms with Gasteiger partial charge in [-0.05, 0) is 69.6 Å². The quantitative estimate of drug-likeness (QED) is 0.388. The summed E-state index contributed by atoms with van der Waals surface area (Å²) in [5.41, 5.74) is 6.70. The summed E-state index contributed by atoms with van der Waals surface area (Å²) < 4.78 is 40.1. The minimum atomic E-state index is -0.827. The molecule has 0 fully saturated rings. The van der Waals surface area contributed by atoms with Crippen LogP contribution in [0.1, 0.15) is 27.0 Å². The number of ketones is 1. The maximum atomic E-state index is 14.4. The molecule has 166 valence electrons. The highest BCUT2D eigenvalue weighted by molar-refractivity contribution is 14.1. The highest BCUT2D eigenvalue weighted by atomic mass is 127. The lowest BCUT2D eigenvalue weighted by Gasteiger charge is -2.15. The van der Waals surface area contributed by atoms with Gasteiger partial charge in [0.15, 0.2) is 5.78 Å². The van der Waals surface area contributed by atoms with Crippen LogP contribution in [-0.4, -0.2) is 25.4 Å². The lowest BCUT2D eigenvalue weighted by molar-refractivity contribution is -0.121. The zero-order valence-corrected chi connectivity index (χ0v) is 19.3. The highest BCUT2D eigenvalue weighted by Gasteiger charge is 2.20. The van der Waals surface area contributed by atoms with E-state index < -0.39 is 17.5 Å². The van der Waals surface area contributed by atoms with Gasteiger partial charge in [0, 0.05) is 29.6 Å². The Morgan fingerprint density at radius 1 is 1.03 bits per heavy atom. The maximum Gasteiger partial charge on any atom is 0.252 e. The summed E-state index contributed by atoms with van der Waals surface area (Å²) in [6.45, 7) is -0.0146. The van der Waals surface area contributed by atoms with Crippen LogP contribution in [0.3, 0.4) is 0 Å². The van der Waals surface area contributed by atoms with Crippen molar-refractivity contribution in [3.05, 3.63) is 92.1 Å². The summed E-state index contributed by atoms with van der Waals surface area (Å²) >= 11 is 1.99. The van der Waals surface area contributed by atoms with Gasteiger partial charge in [0.1, 0.15) is 29.7 Å². The third-order valence-electron chi connectivity index (χ3n) is 4.62. The van der Waals surface area contributed by atoms with E-state index in [0.29, 0.717) is 20.4 Å². The molecule has 3 aromatic rings. The van der Waals surface area contributed by atoms with E-state index in [1.165, 1.54) is 13.2 Å². The first-order chi connectivity index (χ1) is 15.3. The van der Waals surface area contributed by atoms with Crippen molar-refractivity contribution in [2.75, 3.05) is 13.7 Å². The molecule has 0 bridgehead atoms. The first kappa shape index (κ1) is 23.8. The molecule has 0 unspecified atom stereocenters. The Kier molecular flexibility index (Phi) is 7.92. The predicted molar refractivity (Wildman–Crippen MR) is 124 cm³/mol. The number of Topliss-reactive ketones (excluding diaryl/α,β-unsaturated/α-hetero) is 1. The molecule has 0 heterocycles. The van der Waals surface area contributed by atoms with Crippen molar-refractivity contribution < 1.29 is 27.8 Å². The van der Waals surface area contributed by atoms with E-state index in [4.69, 9.17) is 15.2 Å². The monoisotopic (exact) mass is 551 g/mol. The Morgan fingerprint density at radius 3 is 2.50 bits per heavy atom. The molecule has 3 aromatic carbocycles. The molecule has 0 atom stereocenters. The number of halogens is 3. The molecule has 0 aliphatic carbocycles. The van der Waals surface area contributed by atoms with Crippen molar-refractivity contribution in [2.24, 2.45) is 5.73 Å². The fourth-order valence-electron chi connectivity index (χ4n) is 3.29. The topological polar surface area (TPSA) is 78.6 Å². The third kappa shape index (κ3) is 6.10. The van der Waals surface area contributed by atoms with Gasteiger partial charge in [-0.25, -0.2) is 8.78 Å². The fourth-order valence-corrected chi connectivity index (χ4v) is 3.74. The summed E-state index contributed by atoms with van der Waals surface area (Å²) in [7, 11) is 1.44. The molecular formula is C24H20F2INO4. The van der Waals surface area contributed by atoms with Crippen molar-refractivity contribution in [1.29, 1.82) is 0 Å². The number of ether oxygens (including phenoxy) is 2. The van der Waals surface area contributed by atoms with E-state index >= 15 is 0 Å². The normalized spacial score (nSPS) is 10.8. The van der Waals surface area contributed by atoms with Crippen LogP contribution in [0.5, 0.6) is 11.5 Å². The molecule has 32 heavy (non-hydrogen) atoms. The zero-order chi connectivity index (χ0) is 23.3. The Morgan fingerprint density at radius 2 is 1.81 bits per heavy atom. The second-order valence-corrected chi connectivity index (χ2v) is 8.36. The lowest BCUT2D eigenvalue weighted by Crippen LogP contribution is -2.16. The molecule has 0 aliphatic heterocycles. The molecule has 2 N–H and O–H groups in total. The van der Waals surface area contributed by atoms with E-state index in [9.17, 15) is 18.4 Å². The van der Waals surface area contributed by atoms with Gasteiger partial charge in [-0.15, -0.1) is 0 Å². The number of nitrogens with two attached hydrogens (primary N) is 1. The molecule has 0 spiro atoms. The van der Waals surface area contributed by atoms with Crippen molar-refractivity contribution in [1.82, 2.24) is 0 Å². The number of hydrogen-bond acceptors (Lipinski definition) is 4. The van der Waals surface area contributed by atoms with Gasteiger partial charge in [-0.3, -0.25) is 9.59 Å². The van der Waals surface area contributed by atoms with Crippen LogP contribution in [0.4, 0.5) is 8.78 Å². The van der Waals surface area contributed by atoms with Crippen LogP contribution in [0, 0.1) is 15.2 Å². The largest absolute Gasteiger partial charge is 0.456 e. The smallest absolute Gasteiger partial charge is 0.252 e. The number of carbonyl (C=O) groups is 2. The summed E-state index contributed by atoms with van der Waals surface area (Å²) in [6, 6.07) is 13.5. The number of benzene rings is 3. The SMILES string of the molecule is COCC(=O)Cc1cccc(Oc2cc(F)cc(Cc3ccc(I)cc3F)c2C(N)=O)c1. The number of methoxy groups -OCH3 is 1. The van der Waals surface area contributed by atoms with E-state index in [1.807, 2.05) is 22.6 Å². The molecule has 1 amide bonds. The second kappa shape index (κ2) is 10.6. The van der Waals surface area contributed by atoms with Crippen LogP contribution >= 0.6 is 22.6 Å². The maximum absolute atomic E-state index is 14.4. The van der Waals surface area contributed by atoms with Crippen molar-refractivity contribution in [2.45, 2.75) is 12.8 Å². The second-order valence-electron chi connectivity index (χ2n) is 7.11. The van der Waals surface area contributed by atoms with Crippen LogP contribution in [-0.2, 0) is 22.4 Å². The Labute approximate surface area is 197 Å². The Bertz CT molecular complexity index is 1170. The van der Waals surface area contributed by atoms with Gasteiger partial charge in [-0.2, -0.15) is 0 Å². The van der Waals surface area contributed by atoms with Gasteiger partial charge in [0.25, 0.3) is 5.91 Å². The molecular weight excluding hydrogens is 531 g/mol. The standard InChI is InChI=1S/C24H20F2INO4/c1-31-13-19(29)7-14-3-2-4-20(8-14)32-22-11-17(25)10-16(23(22)24(28)30)9-15-5-6-18(27)12-21(15)26/h2-6,8,10-12H,7,9,13H2,1H3,(H2,28,30). The highest BCUT2D eigenvalue weighted by Crippen LogP contribution is 2.31. The summed E-state index contributed by atoms with van der Waals surface area (Å²) in [6.07, 6.45) is 0.0922. The van der Waals surface area contributed by atoms with Gasteiger partial charge in [0.2, 0.25) is 0 Å². The number of carbonyl (C=O) groups excluding carboxylic acids is 2. The molecule has 8 heteroatoms. The van der Waals surface area contributed by atoms with Gasteiger partial charge < -0.3 is 15.2 Å². The summed E-state index contributed by atoms with van der Waals surface area (Å²) in [5.74, 6) is -1.85. The van der Waals surface area contributed by atoms with Crippen LogP contribution in [0.15, 0.2) is 54.6 Å². The number of rotatable bonds is 9. The predicted octanol–water partition coefficient (Wildman–Crippen LogP) is 4.81.